The maximum Gasteiger partial charge on any atom is 0.125 e. The summed E-state index contributed by atoms with van der Waals surface area (Å²) < 4.78 is 18.4. The average molecular weight is 541 g/mol. The van der Waals surface area contributed by atoms with Gasteiger partial charge in [0.1, 0.15) is 24.7 Å². The minimum absolute atomic E-state index is 0.393. The summed E-state index contributed by atoms with van der Waals surface area (Å²) in [6.45, 7) is 24.9. The normalized spacial score (nSPS) is 13.2. The van der Waals surface area contributed by atoms with Gasteiger partial charge in [-0.15, -0.1) is 0 Å². The molecule has 2 atom stereocenters. The van der Waals surface area contributed by atoms with Gasteiger partial charge in [0.25, 0.3) is 0 Å². The standard InChI is InChI=1S/C34H56N2O3/c1-9-35(31(7)25-38-33-27(3)17-15-18-28(33)4)21-11-13-23-37-24-14-12-22-36(10-2)32(8)26-39-34-29(5)19-16-20-30(34)6/h15-20,31-32H,9-14,21-26H2,1-8H3. The fourth-order valence-corrected chi connectivity index (χ4v) is 5.19. The van der Waals surface area contributed by atoms with E-state index in [9.17, 15) is 0 Å². The van der Waals surface area contributed by atoms with Crippen LogP contribution in [0.3, 0.4) is 0 Å². The summed E-state index contributed by atoms with van der Waals surface area (Å²) >= 11 is 0. The fourth-order valence-electron chi connectivity index (χ4n) is 5.19. The maximum atomic E-state index is 6.20. The van der Waals surface area contributed by atoms with E-state index in [1.54, 1.807) is 0 Å². The van der Waals surface area contributed by atoms with Crippen molar-refractivity contribution >= 4 is 0 Å². The Kier molecular flexibility index (Phi) is 15.5. The molecule has 39 heavy (non-hydrogen) atoms. The molecule has 0 aromatic heterocycles. The number of unbranched alkanes of at least 4 members (excludes halogenated alkanes) is 2. The van der Waals surface area contributed by atoms with E-state index in [0.29, 0.717) is 12.1 Å². The lowest BCUT2D eigenvalue weighted by Crippen LogP contribution is -2.38. The molecular weight excluding hydrogens is 484 g/mol. The van der Waals surface area contributed by atoms with Gasteiger partial charge in [0.2, 0.25) is 0 Å². The quantitative estimate of drug-likeness (QED) is 0.164. The first-order valence-electron chi connectivity index (χ1n) is 15.2. The summed E-state index contributed by atoms with van der Waals surface area (Å²) in [5.74, 6) is 2.08. The van der Waals surface area contributed by atoms with E-state index < -0.39 is 0 Å². The minimum Gasteiger partial charge on any atom is -0.491 e. The Hall–Kier alpha value is -2.08. The summed E-state index contributed by atoms with van der Waals surface area (Å²) in [5, 5.41) is 0. The highest BCUT2D eigenvalue weighted by atomic mass is 16.5. The van der Waals surface area contributed by atoms with Gasteiger partial charge in [-0.05, 0) is 116 Å². The zero-order valence-corrected chi connectivity index (χ0v) is 26.2. The molecule has 0 radical (unpaired) electrons. The second-order valence-corrected chi connectivity index (χ2v) is 11.0. The Morgan fingerprint density at radius 2 is 0.949 bits per heavy atom. The van der Waals surface area contributed by atoms with Crippen LogP contribution < -0.4 is 9.47 Å². The fraction of sp³-hybridized carbons (Fsp3) is 0.647. The zero-order chi connectivity index (χ0) is 28.6. The lowest BCUT2D eigenvalue weighted by molar-refractivity contribution is 0.108. The van der Waals surface area contributed by atoms with Gasteiger partial charge in [-0.1, -0.05) is 50.2 Å². The van der Waals surface area contributed by atoms with Crippen molar-refractivity contribution < 1.29 is 14.2 Å². The van der Waals surface area contributed by atoms with Crippen LogP contribution in [0.1, 0.15) is 75.6 Å². The molecule has 5 nitrogen and oxygen atoms in total. The van der Waals surface area contributed by atoms with Gasteiger partial charge in [-0.3, -0.25) is 9.80 Å². The monoisotopic (exact) mass is 540 g/mol. The minimum atomic E-state index is 0.393. The third kappa shape index (κ3) is 11.5. The first kappa shape index (κ1) is 33.1. The van der Waals surface area contributed by atoms with Crippen molar-refractivity contribution in [1.29, 1.82) is 0 Å². The number of hydrogen-bond acceptors (Lipinski definition) is 5. The van der Waals surface area contributed by atoms with Gasteiger partial charge in [0.05, 0.1) is 0 Å². The van der Waals surface area contributed by atoms with Crippen molar-refractivity contribution in [3.63, 3.8) is 0 Å². The van der Waals surface area contributed by atoms with Gasteiger partial charge in [0, 0.05) is 25.3 Å². The molecular formula is C34H56N2O3. The van der Waals surface area contributed by atoms with Gasteiger partial charge in [-0.2, -0.15) is 0 Å². The molecule has 0 heterocycles. The van der Waals surface area contributed by atoms with Crippen LogP contribution in [-0.4, -0.2) is 74.5 Å². The van der Waals surface area contributed by atoms with E-state index in [0.717, 1.165) is 89.8 Å². The molecule has 2 aromatic rings. The van der Waals surface area contributed by atoms with E-state index >= 15 is 0 Å². The van der Waals surface area contributed by atoms with Gasteiger partial charge in [-0.25, -0.2) is 0 Å². The third-order valence-corrected chi connectivity index (χ3v) is 7.78. The molecule has 0 saturated carbocycles. The first-order valence-corrected chi connectivity index (χ1v) is 15.2. The summed E-state index contributed by atoms with van der Waals surface area (Å²) in [6.07, 6.45) is 4.52. The Balaban J connectivity index is 1.55. The Morgan fingerprint density at radius 1 is 0.590 bits per heavy atom. The van der Waals surface area contributed by atoms with Crippen LogP contribution in [0.5, 0.6) is 11.5 Å². The highest BCUT2D eigenvalue weighted by molar-refractivity contribution is 5.40. The van der Waals surface area contributed by atoms with Crippen molar-refractivity contribution in [1.82, 2.24) is 9.80 Å². The number of nitrogens with zero attached hydrogens (tertiary/aromatic N) is 2. The van der Waals surface area contributed by atoms with Crippen molar-refractivity contribution in [2.75, 3.05) is 52.6 Å². The highest BCUT2D eigenvalue weighted by Gasteiger charge is 2.15. The van der Waals surface area contributed by atoms with Crippen molar-refractivity contribution in [3.8, 4) is 11.5 Å². The molecule has 0 aliphatic rings. The van der Waals surface area contributed by atoms with Gasteiger partial charge in [0.15, 0.2) is 0 Å². The second kappa shape index (κ2) is 18.3. The van der Waals surface area contributed by atoms with E-state index in [1.165, 1.54) is 22.3 Å². The van der Waals surface area contributed by atoms with Crippen LogP contribution in [0.4, 0.5) is 0 Å². The Labute approximate surface area is 239 Å². The lowest BCUT2D eigenvalue weighted by atomic mass is 10.1. The maximum absolute atomic E-state index is 6.20. The molecule has 0 N–H and O–H groups in total. The summed E-state index contributed by atoms with van der Waals surface area (Å²) in [6, 6.07) is 13.4. The van der Waals surface area contributed by atoms with Crippen molar-refractivity contribution in [3.05, 3.63) is 58.7 Å². The number of benzene rings is 2. The number of rotatable bonds is 20. The lowest BCUT2D eigenvalue weighted by Gasteiger charge is -2.28. The molecule has 2 aromatic carbocycles. The van der Waals surface area contributed by atoms with Crippen molar-refractivity contribution in [2.45, 2.75) is 93.2 Å². The topological polar surface area (TPSA) is 34.2 Å². The average Bonchev–Trinajstić information content (AvgIpc) is 2.91. The van der Waals surface area contributed by atoms with E-state index in [4.69, 9.17) is 14.2 Å². The summed E-state index contributed by atoms with van der Waals surface area (Å²) in [7, 11) is 0. The third-order valence-electron chi connectivity index (χ3n) is 7.78. The predicted molar refractivity (Wildman–Crippen MR) is 166 cm³/mol. The van der Waals surface area contributed by atoms with Crippen LogP contribution in [0.25, 0.3) is 0 Å². The van der Waals surface area contributed by atoms with Crippen LogP contribution in [0, 0.1) is 27.7 Å². The smallest absolute Gasteiger partial charge is 0.125 e. The van der Waals surface area contributed by atoms with Crippen LogP contribution in [-0.2, 0) is 4.74 Å². The number of hydrogen-bond donors (Lipinski definition) is 0. The largest absolute Gasteiger partial charge is 0.491 e. The Morgan fingerprint density at radius 3 is 1.28 bits per heavy atom. The van der Waals surface area contributed by atoms with E-state index in [1.807, 2.05) is 0 Å². The van der Waals surface area contributed by atoms with Gasteiger partial charge < -0.3 is 14.2 Å². The number of aryl methyl sites for hydroxylation is 4. The second-order valence-electron chi connectivity index (χ2n) is 11.0. The molecule has 2 rings (SSSR count). The number of ether oxygens (including phenoxy) is 3. The molecule has 0 aliphatic heterocycles. The predicted octanol–water partition coefficient (Wildman–Crippen LogP) is 7.38. The van der Waals surface area contributed by atoms with Crippen LogP contribution >= 0.6 is 0 Å². The summed E-state index contributed by atoms with van der Waals surface area (Å²) in [5.41, 5.74) is 4.84. The summed E-state index contributed by atoms with van der Waals surface area (Å²) in [4.78, 5) is 5.02. The first-order chi connectivity index (χ1) is 18.8. The molecule has 0 bridgehead atoms. The molecule has 0 saturated heterocycles. The van der Waals surface area contributed by atoms with Crippen LogP contribution in [0.2, 0.25) is 0 Å². The molecule has 0 aliphatic carbocycles. The highest BCUT2D eigenvalue weighted by Crippen LogP contribution is 2.24. The van der Waals surface area contributed by atoms with Gasteiger partial charge >= 0.3 is 0 Å². The number of likely N-dealkylation sites (N-methyl/N-ethyl adjacent to an activating group) is 2. The molecule has 220 valence electrons. The number of para-hydroxylation sites is 2. The Bertz CT molecular complexity index is 832. The van der Waals surface area contributed by atoms with Crippen LogP contribution in [0.15, 0.2) is 36.4 Å². The molecule has 2 unspecified atom stereocenters. The SMILES string of the molecule is CCN(CCCCOCCCCN(CC)C(C)COc1c(C)cccc1C)C(C)COc1c(C)cccc1C. The molecule has 0 spiro atoms. The van der Waals surface area contributed by atoms with E-state index in [2.05, 4.69) is 102 Å². The zero-order valence-electron chi connectivity index (χ0n) is 26.2. The molecule has 0 amide bonds. The molecule has 0 fully saturated rings. The van der Waals surface area contributed by atoms with Crippen molar-refractivity contribution in [2.24, 2.45) is 0 Å². The van der Waals surface area contributed by atoms with E-state index in [-0.39, 0.29) is 0 Å². The molecule has 5 heteroatoms.